The molecule has 16 heavy (non-hydrogen) atoms. The minimum absolute atomic E-state index is 0.0425. The molecule has 0 bridgehead atoms. The van der Waals surface area contributed by atoms with Crippen molar-refractivity contribution in [3.63, 3.8) is 0 Å². The van der Waals surface area contributed by atoms with Crippen LogP contribution in [0.4, 0.5) is 0 Å². The summed E-state index contributed by atoms with van der Waals surface area (Å²) in [7, 11) is 0. The number of hydrogen-bond donors (Lipinski definition) is 1. The van der Waals surface area contributed by atoms with Crippen molar-refractivity contribution in [2.45, 2.75) is 26.2 Å². The molecule has 0 aromatic heterocycles. The van der Waals surface area contributed by atoms with Crippen LogP contribution >= 0.6 is 0 Å². The second-order valence-electron chi connectivity index (χ2n) is 4.10. The summed E-state index contributed by atoms with van der Waals surface area (Å²) in [5.74, 6) is -0.0597. The van der Waals surface area contributed by atoms with Gasteiger partial charge in [0.05, 0.1) is 12.5 Å². The van der Waals surface area contributed by atoms with Crippen molar-refractivity contribution in [3.05, 3.63) is 36.5 Å². The van der Waals surface area contributed by atoms with E-state index < -0.39 is 0 Å². The molecule has 0 aromatic rings. The van der Waals surface area contributed by atoms with Gasteiger partial charge in [0.15, 0.2) is 5.78 Å². The van der Waals surface area contributed by atoms with Crippen molar-refractivity contribution in [2.75, 3.05) is 6.61 Å². The predicted molar refractivity (Wildman–Crippen MR) is 66.0 cm³/mol. The van der Waals surface area contributed by atoms with Gasteiger partial charge < -0.3 is 5.11 Å². The van der Waals surface area contributed by atoms with E-state index in [4.69, 9.17) is 5.11 Å². The van der Waals surface area contributed by atoms with Crippen LogP contribution in [0.2, 0.25) is 0 Å². The van der Waals surface area contributed by atoms with Gasteiger partial charge in [-0.05, 0) is 24.8 Å². The van der Waals surface area contributed by atoms with E-state index in [1.54, 1.807) is 6.08 Å². The molecule has 88 valence electrons. The van der Waals surface area contributed by atoms with Crippen LogP contribution in [-0.4, -0.2) is 17.5 Å². The molecule has 2 heteroatoms. The molecule has 1 N–H and O–H groups in total. The highest BCUT2D eigenvalue weighted by molar-refractivity contribution is 5.93. The minimum Gasteiger partial charge on any atom is -0.396 e. The first kappa shape index (κ1) is 12.9. The Kier molecular flexibility index (Phi) is 5.79. The lowest BCUT2D eigenvalue weighted by molar-refractivity contribution is -0.121. The molecule has 1 rings (SSSR count). The maximum Gasteiger partial charge on any atom is 0.161 e. The molecule has 1 aliphatic rings. The lowest BCUT2D eigenvalue weighted by Crippen LogP contribution is -2.27. The molecule has 2 nitrogen and oxygen atoms in total. The Labute approximate surface area is 97.4 Å². The molecule has 0 radical (unpaired) electrons. The monoisotopic (exact) mass is 220 g/mol. The van der Waals surface area contributed by atoms with E-state index in [9.17, 15) is 4.79 Å². The van der Waals surface area contributed by atoms with Gasteiger partial charge in [-0.3, -0.25) is 4.79 Å². The van der Waals surface area contributed by atoms with E-state index in [1.807, 2.05) is 24.3 Å². The average molecular weight is 220 g/mol. The fraction of sp³-hybridized carbons (Fsp3) is 0.500. The third-order valence-electron chi connectivity index (χ3n) is 2.83. The zero-order valence-electron chi connectivity index (χ0n) is 9.80. The second-order valence-corrected chi connectivity index (χ2v) is 4.10. The van der Waals surface area contributed by atoms with Gasteiger partial charge in [0.2, 0.25) is 0 Å². The van der Waals surface area contributed by atoms with Gasteiger partial charge in [-0.1, -0.05) is 43.7 Å². The zero-order valence-corrected chi connectivity index (χ0v) is 9.80. The van der Waals surface area contributed by atoms with Gasteiger partial charge in [-0.25, -0.2) is 0 Å². The second kappa shape index (κ2) is 7.18. The Hall–Kier alpha value is -1.15. The standard InChI is InChI=1S/C14H20O2/c1-2-3-4-5-6-8-12-9-7-10-14(16)13(12)11-15/h4-8,10,12-13,15H,2-3,9,11H2,1H3/b5-4+,8-6+/t12?,13-/m0/s1. The van der Waals surface area contributed by atoms with Gasteiger partial charge in [0.1, 0.15) is 0 Å². The van der Waals surface area contributed by atoms with E-state index in [1.165, 1.54) is 0 Å². The molecule has 0 saturated heterocycles. The number of carbonyl (C=O) groups excluding carboxylic acids is 1. The summed E-state index contributed by atoms with van der Waals surface area (Å²) in [6.07, 6.45) is 14.7. The van der Waals surface area contributed by atoms with E-state index in [2.05, 4.69) is 13.0 Å². The van der Waals surface area contributed by atoms with E-state index in [-0.39, 0.29) is 24.2 Å². The first-order chi connectivity index (χ1) is 7.79. The summed E-state index contributed by atoms with van der Waals surface area (Å²) >= 11 is 0. The topological polar surface area (TPSA) is 37.3 Å². The van der Waals surface area contributed by atoms with Gasteiger partial charge in [-0.15, -0.1) is 0 Å². The van der Waals surface area contributed by atoms with Crippen molar-refractivity contribution in [1.82, 2.24) is 0 Å². The number of aliphatic hydroxyl groups excluding tert-OH is 1. The summed E-state index contributed by atoms with van der Waals surface area (Å²) < 4.78 is 0. The molecule has 1 unspecified atom stereocenters. The Bertz CT molecular complexity index is 300. The van der Waals surface area contributed by atoms with Crippen molar-refractivity contribution >= 4 is 5.78 Å². The molecule has 0 saturated carbocycles. The molecular formula is C14H20O2. The Balaban J connectivity index is 2.52. The molecule has 1 aliphatic carbocycles. The fourth-order valence-electron chi connectivity index (χ4n) is 1.83. The molecular weight excluding hydrogens is 200 g/mol. The fourth-order valence-corrected chi connectivity index (χ4v) is 1.83. The first-order valence-electron chi connectivity index (χ1n) is 5.94. The van der Waals surface area contributed by atoms with Crippen LogP contribution < -0.4 is 0 Å². The molecule has 2 atom stereocenters. The number of hydrogen-bond acceptors (Lipinski definition) is 2. The quantitative estimate of drug-likeness (QED) is 0.723. The Morgan fingerprint density at radius 1 is 1.50 bits per heavy atom. The Morgan fingerprint density at radius 2 is 2.31 bits per heavy atom. The Morgan fingerprint density at radius 3 is 3.00 bits per heavy atom. The predicted octanol–water partition coefficient (Wildman–Crippen LogP) is 2.65. The molecule has 0 aromatic carbocycles. The SMILES string of the molecule is CCC/C=C/C=C/C1CC=CC(=O)[C@H]1CO. The normalized spacial score (nSPS) is 26.0. The molecule has 0 fully saturated rings. The van der Waals surface area contributed by atoms with Gasteiger partial charge in [0.25, 0.3) is 0 Å². The number of allylic oxidation sites excluding steroid dienone is 6. The largest absolute Gasteiger partial charge is 0.396 e. The maximum atomic E-state index is 11.5. The summed E-state index contributed by atoms with van der Waals surface area (Å²) in [6, 6.07) is 0. The minimum atomic E-state index is -0.249. The van der Waals surface area contributed by atoms with Crippen molar-refractivity contribution in [1.29, 1.82) is 0 Å². The third kappa shape index (κ3) is 3.78. The van der Waals surface area contributed by atoms with E-state index in [0.717, 1.165) is 19.3 Å². The van der Waals surface area contributed by atoms with Crippen LogP contribution in [0.25, 0.3) is 0 Å². The van der Waals surface area contributed by atoms with Crippen molar-refractivity contribution in [3.8, 4) is 0 Å². The highest BCUT2D eigenvalue weighted by atomic mass is 16.3. The average Bonchev–Trinajstić information content (AvgIpc) is 2.29. The highest BCUT2D eigenvalue weighted by Crippen LogP contribution is 2.23. The summed E-state index contributed by atoms with van der Waals surface area (Å²) in [5.41, 5.74) is 0. The van der Waals surface area contributed by atoms with Crippen LogP contribution in [0.5, 0.6) is 0 Å². The summed E-state index contributed by atoms with van der Waals surface area (Å²) in [5, 5.41) is 9.17. The highest BCUT2D eigenvalue weighted by Gasteiger charge is 2.25. The molecule has 0 aliphatic heterocycles. The lowest BCUT2D eigenvalue weighted by atomic mass is 9.82. The third-order valence-corrected chi connectivity index (χ3v) is 2.83. The lowest BCUT2D eigenvalue weighted by Gasteiger charge is -2.22. The van der Waals surface area contributed by atoms with Crippen molar-refractivity contribution < 1.29 is 9.90 Å². The summed E-state index contributed by atoms with van der Waals surface area (Å²) in [4.78, 5) is 11.5. The number of unbranched alkanes of at least 4 members (excludes halogenated alkanes) is 1. The zero-order chi connectivity index (χ0) is 11.8. The van der Waals surface area contributed by atoms with Crippen LogP contribution in [0.3, 0.4) is 0 Å². The number of rotatable bonds is 5. The molecule has 0 spiro atoms. The van der Waals surface area contributed by atoms with Crippen molar-refractivity contribution in [2.24, 2.45) is 11.8 Å². The van der Waals surface area contributed by atoms with Crippen LogP contribution in [0, 0.1) is 11.8 Å². The van der Waals surface area contributed by atoms with Crippen LogP contribution in [0.15, 0.2) is 36.5 Å². The van der Waals surface area contributed by atoms with Gasteiger partial charge >= 0.3 is 0 Å². The molecule has 0 heterocycles. The van der Waals surface area contributed by atoms with Gasteiger partial charge in [-0.2, -0.15) is 0 Å². The van der Waals surface area contributed by atoms with E-state index >= 15 is 0 Å². The summed E-state index contributed by atoms with van der Waals surface area (Å²) in [6.45, 7) is 2.08. The number of carbonyl (C=O) groups is 1. The first-order valence-corrected chi connectivity index (χ1v) is 5.94. The van der Waals surface area contributed by atoms with Gasteiger partial charge in [0, 0.05) is 0 Å². The smallest absolute Gasteiger partial charge is 0.161 e. The molecule has 0 amide bonds. The van der Waals surface area contributed by atoms with Crippen LogP contribution in [0.1, 0.15) is 26.2 Å². The maximum absolute atomic E-state index is 11.5. The van der Waals surface area contributed by atoms with Crippen LogP contribution in [-0.2, 0) is 4.79 Å². The number of aliphatic hydroxyl groups is 1. The van der Waals surface area contributed by atoms with E-state index in [0.29, 0.717) is 0 Å². The number of ketones is 1.